The molecule has 3 aromatic heterocycles. The predicted molar refractivity (Wildman–Crippen MR) is 117 cm³/mol. The maximum Gasteiger partial charge on any atom is 0.433 e. The highest BCUT2D eigenvalue weighted by Gasteiger charge is 2.35. The molecule has 164 valence electrons. The molecule has 0 spiro atoms. The Morgan fingerprint density at radius 2 is 1.94 bits per heavy atom. The summed E-state index contributed by atoms with van der Waals surface area (Å²) >= 11 is 3.92. The fraction of sp³-hybridized carbons (Fsp3) is 0.100. The van der Waals surface area contributed by atoms with E-state index in [9.17, 15) is 22.8 Å². The van der Waals surface area contributed by atoms with Crippen molar-refractivity contribution in [2.24, 2.45) is 5.73 Å². The van der Waals surface area contributed by atoms with Crippen molar-refractivity contribution in [1.29, 1.82) is 0 Å². The zero-order chi connectivity index (χ0) is 23.0. The van der Waals surface area contributed by atoms with Gasteiger partial charge in [0.25, 0.3) is 5.91 Å². The Morgan fingerprint density at radius 3 is 2.53 bits per heavy atom. The van der Waals surface area contributed by atoms with Gasteiger partial charge in [0.2, 0.25) is 5.91 Å². The summed E-state index contributed by atoms with van der Waals surface area (Å²) < 4.78 is 42.5. The second kappa shape index (κ2) is 8.36. The number of hydrogen-bond acceptors (Lipinski definition) is 5. The van der Waals surface area contributed by atoms with Gasteiger partial charge in [-0.25, -0.2) is 4.98 Å². The Balaban J connectivity index is 1.89. The number of nitrogens with two attached hydrogens (primary N) is 1. The van der Waals surface area contributed by atoms with Gasteiger partial charge in [0, 0.05) is 11.6 Å². The fourth-order valence-electron chi connectivity index (χ4n) is 3.13. The Morgan fingerprint density at radius 1 is 1.22 bits per heavy atom. The van der Waals surface area contributed by atoms with Crippen LogP contribution in [0.1, 0.15) is 15.4 Å². The monoisotopic (exact) mass is 523 g/mol. The van der Waals surface area contributed by atoms with Crippen LogP contribution in [0.2, 0.25) is 0 Å². The van der Waals surface area contributed by atoms with Crippen LogP contribution in [0.25, 0.3) is 21.3 Å². The van der Waals surface area contributed by atoms with Crippen LogP contribution >= 0.6 is 27.3 Å². The van der Waals surface area contributed by atoms with Gasteiger partial charge in [0.15, 0.2) is 0 Å². The first-order chi connectivity index (χ1) is 15.1. The van der Waals surface area contributed by atoms with E-state index < -0.39 is 23.7 Å². The van der Waals surface area contributed by atoms with Gasteiger partial charge in [0.1, 0.15) is 21.9 Å². The molecule has 12 heteroatoms. The number of anilines is 1. The number of primary amides is 1. The van der Waals surface area contributed by atoms with Crippen LogP contribution in [0.5, 0.6) is 0 Å². The molecule has 0 bridgehead atoms. The van der Waals surface area contributed by atoms with E-state index >= 15 is 0 Å². The maximum atomic E-state index is 13.5. The number of rotatable bonds is 5. The van der Waals surface area contributed by atoms with Gasteiger partial charge < -0.3 is 11.1 Å². The smallest absolute Gasteiger partial charge is 0.365 e. The van der Waals surface area contributed by atoms with Crippen molar-refractivity contribution in [1.82, 2.24) is 14.8 Å². The van der Waals surface area contributed by atoms with Crippen LogP contribution in [-0.2, 0) is 17.5 Å². The van der Waals surface area contributed by atoms with E-state index in [1.807, 2.05) is 0 Å². The van der Waals surface area contributed by atoms with E-state index in [1.54, 1.807) is 36.5 Å². The normalized spacial score (nSPS) is 11.6. The lowest BCUT2D eigenvalue weighted by Crippen LogP contribution is -2.21. The van der Waals surface area contributed by atoms with Gasteiger partial charge in [-0.1, -0.05) is 30.3 Å². The second-order valence-electron chi connectivity index (χ2n) is 6.67. The van der Waals surface area contributed by atoms with Gasteiger partial charge in [-0.3, -0.25) is 14.3 Å². The summed E-state index contributed by atoms with van der Waals surface area (Å²) in [6.07, 6.45) is -1.63. The maximum absolute atomic E-state index is 13.5. The first-order valence-corrected chi connectivity index (χ1v) is 10.6. The first-order valence-electron chi connectivity index (χ1n) is 9.01. The molecule has 7 nitrogen and oxygen atoms in total. The minimum absolute atomic E-state index is 0.0220. The fourth-order valence-corrected chi connectivity index (χ4v) is 4.47. The number of halogens is 4. The number of carbonyl (C=O) groups is 2. The van der Waals surface area contributed by atoms with Crippen molar-refractivity contribution in [2.75, 3.05) is 5.32 Å². The largest absolute Gasteiger partial charge is 0.433 e. The van der Waals surface area contributed by atoms with E-state index in [0.29, 0.717) is 21.4 Å². The Hall–Kier alpha value is -3.25. The van der Waals surface area contributed by atoms with Crippen LogP contribution < -0.4 is 11.1 Å². The minimum atomic E-state index is -4.70. The topological polar surface area (TPSA) is 103 Å². The van der Waals surface area contributed by atoms with E-state index in [4.69, 9.17) is 5.73 Å². The van der Waals surface area contributed by atoms with Crippen LogP contribution in [0.4, 0.5) is 18.9 Å². The summed E-state index contributed by atoms with van der Waals surface area (Å²) in [5, 5.41) is 6.81. The Labute approximate surface area is 191 Å². The number of thiophene rings is 1. The average Bonchev–Trinajstić information content (AvgIpc) is 3.30. The molecule has 4 rings (SSSR count). The van der Waals surface area contributed by atoms with Crippen molar-refractivity contribution in [3.05, 3.63) is 63.8 Å². The molecule has 0 radical (unpaired) electrons. The molecule has 0 aliphatic heterocycles. The van der Waals surface area contributed by atoms with Crippen molar-refractivity contribution in [2.45, 2.75) is 12.7 Å². The summed E-state index contributed by atoms with van der Waals surface area (Å²) in [6.45, 7) is -0.185. The number of pyridine rings is 1. The van der Waals surface area contributed by atoms with Gasteiger partial charge in [-0.05, 0) is 33.1 Å². The number of alkyl halides is 3. The molecule has 32 heavy (non-hydrogen) atoms. The summed E-state index contributed by atoms with van der Waals surface area (Å²) in [5.74, 6) is -1.43. The highest BCUT2D eigenvalue weighted by atomic mass is 79.9. The van der Waals surface area contributed by atoms with E-state index in [0.717, 1.165) is 6.07 Å². The molecule has 0 atom stereocenters. The molecule has 2 amide bonds. The number of nitrogens with one attached hydrogen (secondary N) is 1. The lowest BCUT2D eigenvalue weighted by Gasteiger charge is -2.12. The summed E-state index contributed by atoms with van der Waals surface area (Å²) in [7, 11) is 0. The number of hydrogen-bond donors (Lipinski definition) is 2. The van der Waals surface area contributed by atoms with Gasteiger partial charge in [0.05, 0.1) is 16.4 Å². The second-order valence-corrected chi connectivity index (χ2v) is 8.59. The highest BCUT2D eigenvalue weighted by Crippen LogP contribution is 2.43. The molecule has 0 saturated carbocycles. The molecule has 0 aliphatic rings. The number of benzene rings is 1. The molecule has 0 unspecified atom stereocenters. The number of fused-ring (bicyclic) bond motifs is 1. The molecule has 4 aromatic rings. The van der Waals surface area contributed by atoms with E-state index in [-0.39, 0.29) is 32.9 Å². The third kappa shape index (κ3) is 4.36. The van der Waals surface area contributed by atoms with E-state index in [1.165, 1.54) is 10.9 Å². The number of amides is 2. The number of carbonyl (C=O) groups excluding carboxylic acids is 2. The molecular formula is C20H13BrF3N5O2S. The molecule has 1 aromatic carbocycles. The third-order valence-corrected chi connectivity index (χ3v) is 5.94. The quantitative estimate of drug-likeness (QED) is 0.396. The lowest BCUT2D eigenvalue weighted by molar-refractivity contribution is -0.140. The van der Waals surface area contributed by atoms with Crippen molar-refractivity contribution < 1.29 is 22.8 Å². The van der Waals surface area contributed by atoms with Gasteiger partial charge in [-0.2, -0.15) is 18.3 Å². The van der Waals surface area contributed by atoms with Crippen molar-refractivity contribution in [3.8, 4) is 11.1 Å². The zero-order valence-electron chi connectivity index (χ0n) is 16.0. The predicted octanol–water partition coefficient (Wildman–Crippen LogP) is 4.68. The molecule has 3 N–H and O–H groups in total. The number of nitrogens with zero attached hydrogens (tertiary/aromatic N) is 3. The minimum Gasteiger partial charge on any atom is -0.365 e. The van der Waals surface area contributed by atoms with Crippen molar-refractivity contribution in [3.63, 3.8) is 0 Å². The van der Waals surface area contributed by atoms with Crippen LogP contribution in [0.15, 0.2) is 53.3 Å². The molecule has 0 aliphatic carbocycles. The number of aromatic nitrogens is 3. The summed E-state index contributed by atoms with van der Waals surface area (Å²) in [5.41, 5.74) is 5.01. The van der Waals surface area contributed by atoms with Crippen LogP contribution in [-0.4, -0.2) is 26.6 Å². The average molecular weight is 524 g/mol. The Bertz CT molecular complexity index is 1330. The highest BCUT2D eigenvalue weighted by molar-refractivity contribution is 9.10. The third-order valence-electron chi connectivity index (χ3n) is 4.43. The SMILES string of the molecule is NC(=O)c1sc2nc(C(F)(F)F)cc(-c3ccccc3)c2c1NC(=O)Cn1cc(Br)cn1. The molecule has 0 saturated heterocycles. The van der Waals surface area contributed by atoms with Crippen LogP contribution in [0, 0.1) is 0 Å². The Kier molecular flexibility index (Phi) is 5.73. The van der Waals surface area contributed by atoms with Gasteiger partial charge >= 0.3 is 6.18 Å². The summed E-state index contributed by atoms with van der Waals surface area (Å²) in [6, 6.07) is 9.22. The van der Waals surface area contributed by atoms with Crippen molar-refractivity contribution >= 4 is 55.0 Å². The van der Waals surface area contributed by atoms with Crippen LogP contribution in [0.3, 0.4) is 0 Å². The first kappa shape index (κ1) is 22.0. The standard InChI is InChI=1S/C20H13BrF3N5O2S/c21-11-7-26-29(8-11)9-14(30)28-16-15-12(10-4-2-1-3-5-10)6-13(20(22,23)24)27-19(15)32-17(16)18(25)31/h1-8H,9H2,(H2,25,31)(H,28,30). The van der Waals surface area contributed by atoms with Gasteiger partial charge in [-0.15, -0.1) is 11.3 Å². The molecule has 0 fully saturated rings. The summed E-state index contributed by atoms with van der Waals surface area (Å²) in [4.78, 5) is 28.3. The zero-order valence-corrected chi connectivity index (χ0v) is 18.4. The molecule has 3 heterocycles. The molecular weight excluding hydrogens is 511 g/mol. The van der Waals surface area contributed by atoms with E-state index in [2.05, 4.69) is 31.3 Å². The lowest BCUT2D eigenvalue weighted by atomic mass is 10.0.